The maximum Gasteiger partial charge on any atom is 0.270 e. The summed E-state index contributed by atoms with van der Waals surface area (Å²) in [7, 11) is 3.38. The van der Waals surface area contributed by atoms with E-state index in [1.54, 1.807) is 14.1 Å². The van der Waals surface area contributed by atoms with E-state index in [9.17, 15) is 5.11 Å². The fraction of sp³-hybridized carbons (Fsp3) is 0.765. The van der Waals surface area contributed by atoms with Crippen molar-refractivity contribution >= 4 is 29.5 Å². The number of aliphatic hydroxyl groups is 1. The van der Waals surface area contributed by atoms with Gasteiger partial charge in [0.05, 0.1) is 24.9 Å². The van der Waals surface area contributed by atoms with Crippen molar-refractivity contribution in [3.63, 3.8) is 0 Å². The quantitative estimate of drug-likeness (QED) is 0.277. The van der Waals surface area contributed by atoms with Crippen molar-refractivity contribution in [2.45, 2.75) is 32.4 Å². The van der Waals surface area contributed by atoms with E-state index in [1.807, 2.05) is 0 Å². The molecule has 1 aliphatic rings. The first-order chi connectivity index (χ1) is 14.0. The molecular weight excluding hydrogens is 410 g/mol. The van der Waals surface area contributed by atoms with Gasteiger partial charge in [0.1, 0.15) is 12.7 Å². The SMILES string of the molecule is CC(C)(C)NC[C@H](O)COc1nsnc1N1CCOCC1.CN(C)C(=N)N=C(N)N. The molecule has 13 heteroatoms. The third kappa shape index (κ3) is 10.5. The molecule has 1 atom stereocenters. The van der Waals surface area contributed by atoms with Crippen molar-refractivity contribution < 1.29 is 14.6 Å². The van der Waals surface area contributed by atoms with E-state index in [0.29, 0.717) is 25.6 Å². The summed E-state index contributed by atoms with van der Waals surface area (Å²) in [6.07, 6.45) is -0.580. The predicted molar refractivity (Wildman–Crippen MR) is 119 cm³/mol. The van der Waals surface area contributed by atoms with Gasteiger partial charge in [-0.1, -0.05) is 0 Å². The number of β-amino-alcohol motifs (C(OH)–C–C–N with tert-alkyl or cyclic N) is 1. The van der Waals surface area contributed by atoms with Gasteiger partial charge in [0.25, 0.3) is 5.88 Å². The minimum absolute atomic E-state index is 0.0257. The van der Waals surface area contributed by atoms with Crippen LogP contribution in [0.4, 0.5) is 5.82 Å². The fourth-order valence-electron chi connectivity index (χ4n) is 2.12. The van der Waals surface area contributed by atoms with Crippen LogP contribution in [0.5, 0.6) is 5.88 Å². The predicted octanol–water partition coefficient (Wildman–Crippen LogP) is -0.741. The molecule has 30 heavy (non-hydrogen) atoms. The Kier molecular flexibility index (Phi) is 10.7. The minimum Gasteiger partial charge on any atom is -0.472 e. The first-order valence-corrected chi connectivity index (χ1v) is 10.3. The van der Waals surface area contributed by atoms with E-state index in [2.05, 4.69) is 44.7 Å². The molecule has 1 fully saturated rings. The van der Waals surface area contributed by atoms with E-state index in [0.717, 1.165) is 30.6 Å². The van der Waals surface area contributed by atoms with Crippen LogP contribution in [-0.4, -0.2) is 95.9 Å². The summed E-state index contributed by atoms with van der Waals surface area (Å²) >= 11 is 1.12. The van der Waals surface area contributed by atoms with Gasteiger partial charge in [-0.15, -0.1) is 4.37 Å². The minimum atomic E-state index is -0.580. The summed E-state index contributed by atoms with van der Waals surface area (Å²) < 4.78 is 19.4. The second-order valence-electron chi connectivity index (χ2n) is 7.84. The number of hydrogen-bond acceptors (Lipinski definition) is 9. The molecular formula is C17H35N9O3S. The Morgan fingerprint density at radius 2 is 2.00 bits per heavy atom. The number of aliphatic imine (C=N–C) groups is 1. The average molecular weight is 446 g/mol. The summed E-state index contributed by atoms with van der Waals surface area (Å²) in [5.74, 6) is 1.21. The molecule has 0 unspecified atom stereocenters. The Bertz CT molecular complexity index is 666. The summed E-state index contributed by atoms with van der Waals surface area (Å²) in [6, 6.07) is 0. The summed E-state index contributed by atoms with van der Waals surface area (Å²) in [6.45, 7) is 9.81. The van der Waals surface area contributed by atoms with Gasteiger partial charge in [0.2, 0.25) is 11.8 Å². The van der Waals surface area contributed by atoms with Gasteiger partial charge in [-0.3, -0.25) is 5.41 Å². The highest BCUT2D eigenvalue weighted by Gasteiger charge is 2.21. The van der Waals surface area contributed by atoms with Crippen LogP contribution in [0.15, 0.2) is 4.99 Å². The van der Waals surface area contributed by atoms with E-state index in [4.69, 9.17) is 26.4 Å². The average Bonchev–Trinajstić information content (AvgIpc) is 3.13. The third-order valence-electron chi connectivity index (χ3n) is 3.69. The number of ether oxygens (including phenoxy) is 2. The number of nitrogens with two attached hydrogens (primary N) is 2. The lowest BCUT2D eigenvalue weighted by atomic mass is 10.1. The van der Waals surface area contributed by atoms with Gasteiger partial charge in [-0.05, 0) is 20.8 Å². The van der Waals surface area contributed by atoms with Crippen LogP contribution in [0.25, 0.3) is 0 Å². The zero-order valence-corrected chi connectivity index (χ0v) is 19.2. The highest BCUT2D eigenvalue weighted by molar-refractivity contribution is 6.99. The fourth-order valence-corrected chi connectivity index (χ4v) is 2.64. The number of anilines is 1. The lowest BCUT2D eigenvalue weighted by Gasteiger charge is -2.27. The van der Waals surface area contributed by atoms with Crippen LogP contribution in [0.1, 0.15) is 20.8 Å². The third-order valence-corrected chi connectivity index (χ3v) is 4.19. The van der Waals surface area contributed by atoms with Crippen molar-refractivity contribution in [2.24, 2.45) is 16.5 Å². The van der Waals surface area contributed by atoms with Crippen molar-refractivity contribution in [3.05, 3.63) is 0 Å². The molecule has 1 aromatic rings. The number of hydrogen-bond donors (Lipinski definition) is 5. The molecule has 1 saturated heterocycles. The van der Waals surface area contributed by atoms with Crippen molar-refractivity contribution in [1.82, 2.24) is 19.0 Å². The van der Waals surface area contributed by atoms with Gasteiger partial charge in [-0.2, -0.15) is 9.37 Å². The molecule has 2 heterocycles. The lowest BCUT2D eigenvalue weighted by Crippen LogP contribution is -2.42. The zero-order valence-electron chi connectivity index (χ0n) is 18.4. The molecule has 0 spiro atoms. The molecule has 0 saturated carbocycles. The lowest BCUT2D eigenvalue weighted by molar-refractivity contribution is 0.0975. The summed E-state index contributed by atoms with van der Waals surface area (Å²) in [4.78, 5) is 7.06. The van der Waals surface area contributed by atoms with Crippen LogP contribution >= 0.6 is 11.7 Å². The highest BCUT2D eigenvalue weighted by atomic mass is 32.1. The van der Waals surface area contributed by atoms with E-state index >= 15 is 0 Å². The van der Waals surface area contributed by atoms with Crippen LogP contribution in [0.2, 0.25) is 0 Å². The van der Waals surface area contributed by atoms with E-state index < -0.39 is 6.10 Å². The first kappa shape index (κ1) is 25.8. The molecule has 1 aliphatic heterocycles. The maximum atomic E-state index is 9.95. The molecule has 0 amide bonds. The van der Waals surface area contributed by atoms with Gasteiger partial charge in [0, 0.05) is 39.3 Å². The molecule has 172 valence electrons. The Morgan fingerprint density at radius 3 is 2.50 bits per heavy atom. The molecule has 7 N–H and O–H groups in total. The second-order valence-corrected chi connectivity index (χ2v) is 8.37. The number of nitrogens with one attached hydrogen (secondary N) is 2. The van der Waals surface area contributed by atoms with Gasteiger partial charge in [0.15, 0.2) is 5.96 Å². The van der Waals surface area contributed by atoms with Gasteiger partial charge < -0.3 is 41.2 Å². The molecule has 0 bridgehead atoms. The van der Waals surface area contributed by atoms with E-state index in [-0.39, 0.29) is 24.1 Å². The van der Waals surface area contributed by atoms with Gasteiger partial charge >= 0.3 is 0 Å². The van der Waals surface area contributed by atoms with Crippen LogP contribution in [0.3, 0.4) is 0 Å². The first-order valence-electron chi connectivity index (χ1n) is 9.56. The zero-order chi connectivity index (χ0) is 22.7. The molecule has 2 rings (SSSR count). The largest absolute Gasteiger partial charge is 0.472 e. The number of guanidine groups is 2. The Hall–Kier alpha value is -2.22. The van der Waals surface area contributed by atoms with Crippen LogP contribution in [0, 0.1) is 5.41 Å². The summed E-state index contributed by atoms with van der Waals surface area (Å²) in [5, 5.41) is 20.2. The molecule has 1 aromatic heterocycles. The Labute approximate surface area is 182 Å². The summed E-state index contributed by atoms with van der Waals surface area (Å²) in [5.41, 5.74) is 9.96. The molecule has 0 aliphatic carbocycles. The smallest absolute Gasteiger partial charge is 0.270 e. The second kappa shape index (κ2) is 12.5. The number of nitrogens with zero attached hydrogens (tertiary/aromatic N) is 5. The van der Waals surface area contributed by atoms with Crippen LogP contribution in [-0.2, 0) is 4.74 Å². The van der Waals surface area contributed by atoms with Crippen molar-refractivity contribution in [1.29, 1.82) is 5.41 Å². The Morgan fingerprint density at radius 1 is 1.37 bits per heavy atom. The topological polar surface area (TPSA) is 171 Å². The number of rotatable bonds is 6. The number of aliphatic hydroxyl groups excluding tert-OH is 1. The number of morpholine rings is 1. The van der Waals surface area contributed by atoms with Crippen LogP contribution < -0.4 is 26.4 Å². The van der Waals surface area contributed by atoms with E-state index in [1.165, 1.54) is 4.90 Å². The molecule has 0 radical (unpaired) electrons. The molecule has 0 aromatic carbocycles. The van der Waals surface area contributed by atoms with Crippen molar-refractivity contribution in [3.8, 4) is 5.88 Å². The van der Waals surface area contributed by atoms with Crippen molar-refractivity contribution in [2.75, 3.05) is 58.5 Å². The maximum absolute atomic E-state index is 9.95. The number of aromatic nitrogens is 2. The normalized spacial score (nSPS) is 14.9. The molecule has 12 nitrogen and oxygen atoms in total. The highest BCUT2D eigenvalue weighted by Crippen LogP contribution is 2.26. The monoisotopic (exact) mass is 445 g/mol. The standard InChI is InChI=1S/C13H24N4O3S.C4H11N5/c1-13(2,3)14-8-10(18)9-20-12-11(15-21-16-12)17-4-6-19-7-5-17;1-9(2)4(7)8-3(5)6/h10,14,18H,4-9H2,1-3H3;1-2H3,(H5,5,6,7,8)/t10-;/m0./s1. The Balaban J connectivity index is 0.000000424. The van der Waals surface area contributed by atoms with Gasteiger partial charge in [-0.25, -0.2) is 0 Å².